The summed E-state index contributed by atoms with van der Waals surface area (Å²) in [5, 5.41) is 0.0816. The number of hydrogen-bond acceptors (Lipinski definition) is 5. The highest BCUT2D eigenvalue weighted by Crippen LogP contribution is 2.27. The van der Waals surface area contributed by atoms with E-state index in [-0.39, 0.29) is 16.5 Å². The lowest BCUT2D eigenvalue weighted by Crippen LogP contribution is -2.48. The molecule has 9 heteroatoms. The Bertz CT molecular complexity index is 736. The predicted octanol–water partition coefficient (Wildman–Crippen LogP) is 4.07. The summed E-state index contributed by atoms with van der Waals surface area (Å²) >= 11 is 7.81. The second kappa shape index (κ2) is 8.44. The maximum Gasteiger partial charge on any atom is 0.290 e. The summed E-state index contributed by atoms with van der Waals surface area (Å²) in [6.45, 7) is 3.40. The fourth-order valence-corrected chi connectivity index (χ4v) is 4.37. The van der Waals surface area contributed by atoms with Crippen LogP contribution in [0.2, 0.25) is 4.34 Å². The van der Waals surface area contributed by atoms with Gasteiger partial charge in [-0.3, -0.25) is 9.69 Å². The zero-order valence-corrected chi connectivity index (χ0v) is 15.6. The molecule has 134 valence electrons. The Morgan fingerprint density at radius 3 is 2.68 bits per heavy atom. The van der Waals surface area contributed by atoms with Crippen LogP contribution in [0.1, 0.15) is 15.2 Å². The van der Waals surface area contributed by atoms with E-state index >= 15 is 0 Å². The van der Waals surface area contributed by atoms with E-state index in [1.807, 2.05) is 12.1 Å². The van der Waals surface area contributed by atoms with Crippen molar-refractivity contribution in [1.82, 2.24) is 14.8 Å². The SMILES string of the molecule is O=C(c1cccnc1SC(F)F)N1CCN(Cc2ccc(Cl)s2)CC1. The summed E-state index contributed by atoms with van der Waals surface area (Å²) in [6.07, 6.45) is 1.42. The molecule has 0 unspecified atom stereocenters. The first-order valence-electron chi connectivity index (χ1n) is 7.68. The number of pyridine rings is 1. The number of alkyl halides is 2. The molecule has 4 nitrogen and oxygen atoms in total. The van der Waals surface area contributed by atoms with Gasteiger partial charge in [0.15, 0.2) is 0 Å². The summed E-state index contributed by atoms with van der Waals surface area (Å²) in [7, 11) is 0. The minimum absolute atomic E-state index is 0.0816. The summed E-state index contributed by atoms with van der Waals surface area (Å²) in [4.78, 5) is 21.7. The van der Waals surface area contributed by atoms with E-state index in [1.165, 1.54) is 11.1 Å². The van der Waals surface area contributed by atoms with Gasteiger partial charge >= 0.3 is 0 Å². The van der Waals surface area contributed by atoms with Crippen LogP contribution in [0.15, 0.2) is 35.5 Å². The van der Waals surface area contributed by atoms with E-state index in [4.69, 9.17) is 11.6 Å². The maximum atomic E-state index is 12.7. The molecule has 1 aliphatic heterocycles. The topological polar surface area (TPSA) is 36.4 Å². The Hall–Kier alpha value is -1.22. The van der Waals surface area contributed by atoms with Crippen molar-refractivity contribution in [1.29, 1.82) is 0 Å². The molecule has 0 atom stereocenters. The lowest BCUT2D eigenvalue weighted by Gasteiger charge is -2.34. The second-order valence-electron chi connectivity index (χ2n) is 5.51. The van der Waals surface area contributed by atoms with Crippen LogP contribution < -0.4 is 0 Å². The van der Waals surface area contributed by atoms with Gasteiger partial charge in [0.1, 0.15) is 5.03 Å². The maximum absolute atomic E-state index is 12.7. The van der Waals surface area contributed by atoms with Gasteiger partial charge in [0.2, 0.25) is 0 Å². The first kappa shape index (κ1) is 18.6. The number of thioether (sulfide) groups is 1. The van der Waals surface area contributed by atoms with Crippen LogP contribution in [0, 0.1) is 0 Å². The molecule has 1 fully saturated rings. The second-order valence-corrected chi connectivity index (χ2v) is 8.29. The first-order valence-corrected chi connectivity index (χ1v) is 9.76. The molecule has 2 aromatic heterocycles. The average Bonchev–Trinajstić information content (AvgIpc) is 3.00. The van der Waals surface area contributed by atoms with Gasteiger partial charge in [-0.2, -0.15) is 8.78 Å². The summed E-state index contributed by atoms with van der Waals surface area (Å²) in [6, 6.07) is 7.04. The molecule has 0 saturated carbocycles. The van der Waals surface area contributed by atoms with Crippen molar-refractivity contribution < 1.29 is 13.6 Å². The number of halogens is 3. The first-order chi connectivity index (χ1) is 12.0. The molecule has 0 N–H and O–H groups in total. The van der Waals surface area contributed by atoms with Gasteiger partial charge in [0.25, 0.3) is 11.7 Å². The van der Waals surface area contributed by atoms with Crippen LogP contribution in [0.5, 0.6) is 0 Å². The molecular weight excluding hydrogens is 388 g/mol. The normalized spacial score (nSPS) is 15.8. The van der Waals surface area contributed by atoms with Crippen molar-refractivity contribution in [2.45, 2.75) is 17.3 Å². The van der Waals surface area contributed by atoms with Gasteiger partial charge in [-0.1, -0.05) is 11.6 Å². The number of hydrogen-bond donors (Lipinski definition) is 0. The largest absolute Gasteiger partial charge is 0.336 e. The van der Waals surface area contributed by atoms with Gasteiger partial charge in [-0.15, -0.1) is 11.3 Å². The van der Waals surface area contributed by atoms with Crippen molar-refractivity contribution in [3.05, 3.63) is 45.2 Å². The highest BCUT2D eigenvalue weighted by atomic mass is 35.5. The number of thiophene rings is 1. The van der Waals surface area contributed by atoms with Crippen LogP contribution in [0.4, 0.5) is 8.78 Å². The number of amides is 1. The number of rotatable bonds is 5. The van der Waals surface area contributed by atoms with E-state index in [2.05, 4.69) is 9.88 Å². The lowest BCUT2D eigenvalue weighted by molar-refractivity contribution is 0.0625. The Morgan fingerprint density at radius 2 is 2.04 bits per heavy atom. The van der Waals surface area contributed by atoms with Gasteiger partial charge in [0.05, 0.1) is 9.90 Å². The molecule has 1 amide bonds. The molecular formula is C16H16ClF2N3OS2. The van der Waals surface area contributed by atoms with E-state index < -0.39 is 5.76 Å². The third-order valence-electron chi connectivity index (χ3n) is 3.87. The number of carbonyl (C=O) groups is 1. The van der Waals surface area contributed by atoms with Gasteiger partial charge < -0.3 is 4.90 Å². The molecule has 0 radical (unpaired) electrons. The number of aromatic nitrogens is 1. The minimum Gasteiger partial charge on any atom is -0.336 e. The Balaban J connectivity index is 1.60. The summed E-state index contributed by atoms with van der Waals surface area (Å²) in [5.41, 5.74) is 0.242. The fraction of sp³-hybridized carbons (Fsp3) is 0.375. The molecule has 1 saturated heterocycles. The standard InChI is InChI=1S/C16H16ClF2N3OS2/c17-13-4-3-11(24-13)10-21-6-8-22(9-7-21)15(23)12-2-1-5-20-14(12)25-16(18)19/h1-5,16H,6-10H2. The van der Waals surface area contributed by atoms with Crippen molar-refractivity contribution in [3.8, 4) is 0 Å². The Kier molecular flexibility index (Phi) is 6.27. The summed E-state index contributed by atoms with van der Waals surface area (Å²) < 4.78 is 26.1. The number of piperazine rings is 1. The van der Waals surface area contributed by atoms with E-state index in [9.17, 15) is 13.6 Å². The molecule has 1 aliphatic rings. The van der Waals surface area contributed by atoms with Crippen LogP contribution in [-0.4, -0.2) is 52.6 Å². The van der Waals surface area contributed by atoms with Gasteiger partial charge in [-0.25, -0.2) is 4.98 Å². The number of nitrogens with zero attached hydrogens (tertiary/aromatic N) is 3. The molecule has 3 rings (SSSR count). The van der Waals surface area contributed by atoms with E-state index in [0.717, 1.165) is 24.0 Å². The van der Waals surface area contributed by atoms with Crippen molar-refractivity contribution in [2.75, 3.05) is 26.2 Å². The molecule has 0 bridgehead atoms. The number of carbonyl (C=O) groups excluding carboxylic acids is 1. The average molecular weight is 404 g/mol. The monoisotopic (exact) mass is 403 g/mol. The van der Waals surface area contributed by atoms with Crippen LogP contribution in [0.3, 0.4) is 0 Å². The van der Waals surface area contributed by atoms with Gasteiger partial charge in [0, 0.05) is 43.8 Å². The van der Waals surface area contributed by atoms with E-state index in [0.29, 0.717) is 24.9 Å². The molecule has 3 heterocycles. The molecule has 0 aromatic carbocycles. The highest BCUT2D eigenvalue weighted by Gasteiger charge is 2.25. The highest BCUT2D eigenvalue weighted by molar-refractivity contribution is 7.99. The van der Waals surface area contributed by atoms with Crippen molar-refractivity contribution >= 4 is 40.6 Å². The lowest BCUT2D eigenvalue weighted by atomic mass is 10.2. The third kappa shape index (κ3) is 4.91. The Morgan fingerprint density at radius 1 is 1.28 bits per heavy atom. The van der Waals surface area contributed by atoms with Crippen LogP contribution >= 0.6 is 34.7 Å². The Labute approximate surface area is 157 Å². The zero-order valence-electron chi connectivity index (χ0n) is 13.2. The minimum atomic E-state index is -2.60. The predicted molar refractivity (Wildman–Crippen MR) is 96.6 cm³/mol. The van der Waals surface area contributed by atoms with Crippen molar-refractivity contribution in [2.24, 2.45) is 0 Å². The summed E-state index contributed by atoms with van der Waals surface area (Å²) in [5.74, 6) is -2.84. The van der Waals surface area contributed by atoms with E-state index in [1.54, 1.807) is 28.4 Å². The fourth-order valence-electron chi connectivity index (χ4n) is 2.67. The molecule has 25 heavy (non-hydrogen) atoms. The smallest absolute Gasteiger partial charge is 0.290 e. The van der Waals surface area contributed by atoms with Crippen molar-refractivity contribution in [3.63, 3.8) is 0 Å². The van der Waals surface area contributed by atoms with Crippen LogP contribution in [-0.2, 0) is 6.54 Å². The molecule has 0 spiro atoms. The quantitative estimate of drug-likeness (QED) is 0.705. The zero-order chi connectivity index (χ0) is 17.8. The van der Waals surface area contributed by atoms with Crippen LogP contribution in [0.25, 0.3) is 0 Å². The molecule has 0 aliphatic carbocycles. The molecule has 2 aromatic rings. The van der Waals surface area contributed by atoms with Gasteiger partial charge in [-0.05, 0) is 36.0 Å². The third-order valence-corrected chi connectivity index (χ3v) is 5.81.